The summed E-state index contributed by atoms with van der Waals surface area (Å²) in [4.78, 5) is 39.3. The van der Waals surface area contributed by atoms with Crippen LogP contribution in [0.15, 0.2) is 24.3 Å². The van der Waals surface area contributed by atoms with Gasteiger partial charge in [-0.25, -0.2) is 9.59 Å². The van der Waals surface area contributed by atoms with Gasteiger partial charge in [-0.15, -0.1) is 0 Å². The Morgan fingerprint density at radius 3 is 2.19 bits per heavy atom. The Balaban J connectivity index is 2.77. The molecular formula is C19H25NO7. The number of likely N-dealkylation sites (tertiary alicyclic amines) is 1. The Morgan fingerprint density at radius 2 is 1.70 bits per heavy atom. The summed E-state index contributed by atoms with van der Waals surface area (Å²) in [5.74, 6) is -2.98. The second-order valence-corrected chi connectivity index (χ2v) is 6.11. The normalized spacial score (nSPS) is 20.9. The van der Waals surface area contributed by atoms with Crippen LogP contribution >= 0.6 is 0 Å². The molecule has 2 rings (SSSR count). The van der Waals surface area contributed by atoms with Gasteiger partial charge in [-0.1, -0.05) is 18.2 Å². The molecule has 0 unspecified atom stereocenters. The van der Waals surface area contributed by atoms with E-state index in [0.717, 1.165) is 4.90 Å². The molecule has 8 nitrogen and oxygen atoms in total. The third kappa shape index (κ3) is 3.37. The maximum absolute atomic E-state index is 13.1. The average molecular weight is 379 g/mol. The largest absolute Gasteiger partial charge is 0.496 e. The van der Waals surface area contributed by atoms with Crippen molar-refractivity contribution in [3.05, 3.63) is 29.8 Å². The molecule has 0 aromatic heterocycles. The number of amides is 1. The number of aliphatic hydroxyl groups excluding tert-OH is 1. The number of para-hydroxylation sites is 1. The summed E-state index contributed by atoms with van der Waals surface area (Å²) in [6.07, 6.45) is -1.40. The van der Waals surface area contributed by atoms with Crippen LogP contribution in [0.5, 0.6) is 5.75 Å². The van der Waals surface area contributed by atoms with Crippen LogP contribution in [0.4, 0.5) is 0 Å². The summed E-state index contributed by atoms with van der Waals surface area (Å²) in [7, 11) is 1.46. The first-order valence-electron chi connectivity index (χ1n) is 8.81. The van der Waals surface area contributed by atoms with Crippen molar-refractivity contribution in [3.8, 4) is 5.75 Å². The average Bonchev–Trinajstić information content (AvgIpc) is 2.96. The van der Waals surface area contributed by atoms with Gasteiger partial charge in [0.15, 0.2) is 0 Å². The molecule has 1 aliphatic heterocycles. The zero-order chi connectivity index (χ0) is 20.2. The highest BCUT2D eigenvalue weighted by atomic mass is 16.6. The molecule has 1 aliphatic rings. The van der Waals surface area contributed by atoms with Crippen LogP contribution in [0.25, 0.3) is 0 Å². The van der Waals surface area contributed by atoms with Crippen LogP contribution < -0.4 is 4.74 Å². The van der Waals surface area contributed by atoms with Crippen molar-refractivity contribution in [1.29, 1.82) is 0 Å². The van der Waals surface area contributed by atoms with Gasteiger partial charge in [0.05, 0.1) is 20.3 Å². The Kier molecular flexibility index (Phi) is 6.43. The molecule has 0 bridgehead atoms. The standard InChI is InChI=1S/C19H25NO7/c1-5-26-17(23)19(18(24)27-6-2)14(11-16(22)20(19)12(3)21)13-9-7-8-10-15(13)25-4/h7-10,14,16,22H,5-6,11H2,1-4H3/t14-,16-/m1/s1. The van der Waals surface area contributed by atoms with Crippen molar-refractivity contribution in [3.63, 3.8) is 0 Å². The highest BCUT2D eigenvalue weighted by Gasteiger charge is 2.67. The van der Waals surface area contributed by atoms with E-state index >= 15 is 0 Å². The summed E-state index contributed by atoms with van der Waals surface area (Å²) in [6, 6.07) is 6.83. The van der Waals surface area contributed by atoms with Crippen LogP contribution in [0.3, 0.4) is 0 Å². The first kappa shape index (κ1) is 20.7. The van der Waals surface area contributed by atoms with Gasteiger partial charge in [-0.05, 0) is 19.9 Å². The number of rotatable bonds is 6. The van der Waals surface area contributed by atoms with Crippen LogP contribution in [0.2, 0.25) is 0 Å². The van der Waals surface area contributed by atoms with Gasteiger partial charge in [0, 0.05) is 24.8 Å². The molecular weight excluding hydrogens is 354 g/mol. The lowest BCUT2D eigenvalue weighted by atomic mass is 9.79. The van der Waals surface area contributed by atoms with E-state index in [1.54, 1.807) is 38.1 Å². The lowest BCUT2D eigenvalue weighted by Crippen LogP contribution is -2.63. The molecule has 1 N–H and O–H groups in total. The van der Waals surface area contributed by atoms with E-state index in [4.69, 9.17) is 14.2 Å². The van der Waals surface area contributed by atoms with Gasteiger partial charge in [0.1, 0.15) is 12.0 Å². The molecule has 1 aromatic rings. The number of methoxy groups -OCH3 is 1. The molecule has 8 heteroatoms. The second-order valence-electron chi connectivity index (χ2n) is 6.11. The van der Waals surface area contributed by atoms with E-state index < -0.39 is 35.5 Å². The summed E-state index contributed by atoms with van der Waals surface area (Å²) in [5.41, 5.74) is -1.63. The molecule has 1 saturated heterocycles. The van der Waals surface area contributed by atoms with Crippen molar-refractivity contribution >= 4 is 17.8 Å². The van der Waals surface area contributed by atoms with Crippen molar-refractivity contribution in [2.45, 2.75) is 44.9 Å². The van der Waals surface area contributed by atoms with Crippen molar-refractivity contribution in [2.24, 2.45) is 0 Å². The Labute approximate surface area is 158 Å². The van der Waals surface area contributed by atoms with Crippen LogP contribution in [0.1, 0.15) is 38.7 Å². The Bertz CT molecular complexity index is 700. The van der Waals surface area contributed by atoms with E-state index in [2.05, 4.69) is 0 Å². The molecule has 1 aromatic carbocycles. The third-order valence-electron chi connectivity index (χ3n) is 4.66. The van der Waals surface area contributed by atoms with Crippen molar-refractivity contribution in [1.82, 2.24) is 4.90 Å². The number of benzene rings is 1. The van der Waals surface area contributed by atoms with E-state index in [1.807, 2.05) is 0 Å². The number of aliphatic hydroxyl groups is 1. The fraction of sp³-hybridized carbons (Fsp3) is 0.526. The van der Waals surface area contributed by atoms with Crippen molar-refractivity contribution < 1.29 is 33.7 Å². The maximum Gasteiger partial charge on any atom is 0.344 e. The van der Waals surface area contributed by atoms with Crippen LogP contribution in [-0.4, -0.2) is 59.9 Å². The molecule has 1 fully saturated rings. The predicted molar refractivity (Wildman–Crippen MR) is 94.9 cm³/mol. The van der Waals surface area contributed by atoms with E-state index in [9.17, 15) is 19.5 Å². The summed E-state index contributed by atoms with van der Waals surface area (Å²) in [5, 5.41) is 10.6. The molecule has 0 radical (unpaired) electrons. The number of hydrogen-bond donors (Lipinski definition) is 1. The van der Waals surface area contributed by atoms with E-state index in [1.165, 1.54) is 14.0 Å². The number of ether oxygens (including phenoxy) is 3. The highest BCUT2D eigenvalue weighted by Crippen LogP contribution is 2.49. The van der Waals surface area contributed by atoms with E-state index in [0.29, 0.717) is 11.3 Å². The van der Waals surface area contributed by atoms with Gasteiger partial charge < -0.3 is 19.3 Å². The first-order chi connectivity index (χ1) is 12.9. The zero-order valence-corrected chi connectivity index (χ0v) is 15.9. The van der Waals surface area contributed by atoms with Gasteiger partial charge in [0.25, 0.3) is 0 Å². The van der Waals surface area contributed by atoms with Crippen molar-refractivity contribution in [2.75, 3.05) is 20.3 Å². The Morgan fingerprint density at radius 1 is 1.15 bits per heavy atom. The van der Waals surface area contributed by atoms with E-state index in [-0.39, 0.29) is 19.6 Å². The maximum atomic E-state index is 13.1. The molecule has 2 atom stereocenters. The monoisotopic (exact) mass is 379 g/mol. The number of carbonyl (C=O) groups excluding carboxylic acids is 3. The minimum Gasteiger partial charge on any atom is -0.496 e. The summed E-state index contributed by atoms with van der Waals surface area (Å²) >= 11 is 0. The Hall–Kier alpha value is -2.61. The van der Waals surface area contributed by atoms with Crippen LogP contribution in [-0.2, 0) is 23.9 Å². The molecule has 148 valence electrons. The topological polar surface area (TPSA) is 102 Å². The lowest BCUT2D eigenvalue weighted by molar-refractivity contribution is -0.182. The fourth-order valence-electron chi connectivity index (χ4n) is 3.70. The van der Waals surface area contributed by atoms with Gasteiger partial charge >= 0.3 is 11.9 Å². The summed E-state index contributed by atoms with van der Waals surface area (Å²) in [6.45, 7) is 4.37. The van der Waals surface area contributed by atoms with Gasteiger partial charge in [-0.3, -0.25) is 9.69 Å². The highest BCUT2D eigenvalue weighted by molar-refractivity contribution is 6.09. The quantitative estimate of drug-likeness (QED) is 0.585. The second kappa shape index (κ2) is 8.39. The molecule has 0 spiro atoms. The molecule has 27 heavy (non-hydrogen) atoms. The number of hydrogen-bond acceptors (Lipinski definition) is 7. The molecule has 0 aliphatic carbocycles. The SMILES string of the molecule is CCOC(=O)C1(C(=O)OCC)[C@@H](c2ccccc2OC)C[C@@H](O)N1C(C)=O. The molecule has 0 saturated carbocycles. The minimum atomic E-state index is -2.13. The molecule has 1 heterocycles. The molecule has 1 amide bonds. The van der Waals surface area contributed by atoms with Gasteiger partial charge in [0.2, 0.25) is 11.4 Å². The summed E-state index contributed by atoms with van der Waals surface area (Å²) < 4.78 is 15.7. The third-order valence-corrected chi connectivity index (χ3v) is 4.66. The lowest BCUT2D eigenvalue weighted by Gasteiger charge is -2.38. The number of esters is 2. The fourth-order valence-corrected chi connectivity index (χ4v) is 3.70. The predicted octanol–water partition coefficient (Wildman–Crippen LogP) is 1.21. The number of nitrogens with zero attached hydrogens (tertiary/aromatic N) is 1. The first-order valence-corrected chi connectivity index (χ1v) is 8.81. The minimum absolute atomic E-state index is 0.000469. The smallest absolute Gasteiger partial charge is 0.344 e. The number of carbonyl (C=O) groups is 3. The van der Waals surface area contributed by atoms with Crippen LogP contribution in [0, 0.1) is 0 Å². The zero-order valence-electron chi connectivity index (χ0n) is 15.9. The van der Waals surface area contributed by atoms with Gasteiger partial charge in [-0.2, -0.15) is 0 Å².